The Morgan fingerprint density at radius 1 is 1.03 bits per heavy atom. The summed E-state index contributed by atoms with van der Waals surface area (Å²) in [6.45, 7) is -0.517. The minimum Gasteiger partial charge on any atom is -0.459 e. The third-order valence-electron chi connectivity index (χ3n) is 5.55. The van der Waals surface area contributed by atoms with Crippen LogP contribution in [0, 0.1) is 0 Å². The number of benzene rings is 2. The zero-order valence-electron chi connectivity index (χ0n) is 18.2. The summed E-state index contributed by atoms with van der Waals surface area (Å²) in [5.41, 5.74) is 2.22. The zero-order chi connectivity index (χ0) is 24.1. The van der Waals surface area contributed by atoms with Crippen LogP contribution in [-0.4, -0.2) is 53.8 Å². The van der Waals surface area contributed by atoms with Crippen LogP contribution in [-0.2, 0) is 41.8 Å². The van der Waals surface area contributed by atoms with E-state index in [-0.39, 0.29) is 51.0 Å². The number of piperidine rings is 1. The molecule has 2 aromatic rings. The lowest BCUT2D eigenvalue weighted by Crippen LogP contribution is -2.52. The Kier molecular flexibility index (Phi) is 6.98. The SMILES string of the molecule is O=C1CCC(N2Cc3c(NC(=O)COCC(=O)OCc4ccccc4)cccc3C2=O)C(=O)N1. The molecule has 2 N–H and O–H groups in total. The third-order valence-corrected chi connectivity index (χ3v) is 5.55. The molecule has 2 aliphatic heterocycles. The van der Waals surface area contributed by atoms with Crippen LogP contribution in [0.5, 0.6) is 0 Å². The van der Waals surface area contributed by atoms with Crippen LogP contribution in [0.3, 0.4) is 0 Å². The summed E-state index contributed by atoms with van der Waals surface area (Å²) in [5.74, 6) is -2.30. The van der Waals surface area contributed by atoms with Gasteiger partial charge in [-0.15, -0.1) is 0 Å². The van der Waals surface area contributed by atoms with Gasteiger partial charge in [0.05, 0.1) is 0 Å². The van der Waals surface area contributed by atoms with E-state index < -0.39 is 23.8 Å². The van der Waals surface area contributed by atoms with Crippen LogP contribution in [0.2, 0.25) is 0 Å². The molecule has 1 atom stereocenters. The number of imide groups is 1. The minimum atomic E-state index is -0.744. The van der Waals surface area contributed by atoms with Gasteiger partial charge in [0.25, 0.3) is 5.91 Å². The van der Waals surface area contributed by atoms with Crippen LogP contribution in [0.25, 0.3) is 0 Å². The van der Waals surface area contributed by atoms with Gasteiger partial charge in [-0.3, -0.25) is 24.5 Å². The lowest BCUT2D eigenvalue weighted by Gasteiger charge is -2.29. The number of carbonyl (C=O) groups excluding carboxylic acids is 5. The van der Waals surface area contributed by atoms with Gasteiger partial charge in [0.1, 0.15) is 25.9 Å². The Morgan fingerprint density at radius 3 is 2.59 bits per heavy atom. The molecule has 0 aliphatic carbocycles. The molecule has 0 spiro atoms. The normalized spacial score (nSPS) is 17.2. The minimum absolute atomic E-state index is 0.114. The van der Waals surface area contributed by atoms with E-state index in [1.54, 1.807) is 18.2 Å². The molecule has 0 aromatic heterocycles. The average molecular weight is 465 g/mol. The number of nitrogens with zero attached hydrogens (tertiary/aromatic N) is 1. The standard InChI is InChI=1S/C24H23N3O7/c28-20-10-9-19(23(31)26-20)27-11-17-16(24(27)32)7-4-8-18(17)25-21(29)13-33-14-22(30)34-12-15-5-2-1-3-6-15/h1-8,19H,9-14H2,(H,25,29)(H,26,28,31). The predicted octanol–water partition coefficient (Wildman–Crippen LogP) is 1.15. The first-order valence-electron chi connectivity index (χ1n) is 10.8. The van der Waals surface area contributed by atoms with Gasteiger partial charge in [-0.2, -0.15) is 0 Å². The van der Waals surface area contributed by atoms with Gasteiger partial charge in [-0.1, -0.05) is 36.4 Å². The Morgan fingerprint density at radius 2 is 1.82 bits per heavy atom. The summed E-state index contributed by atoms with van der Waals surface area (Å²) in [7, 11) is 0. The molecule has 1 unspecified atom stereocenters. The Labute approximate surface area is 195 Å². The summed E-state index contributed by atoms with van der Waals surface area (Å²) in [5, 5.41) is 4.94. The molecule has 1 saturated heterocycles. The van der Waals surface area contributed by atoms with E-state index in [2.05, 4.69) is 10.6 Å². The molecule has 34 heavy (non-hydrogen) atoms. The summed E-state index contributed by atoms with van der Waals surface area (Å²) in [6, 6.07) is 13.3. The predicted molar refractivity (Wildman–Crippen MR) is 118 cm³/mol. The molecular formula is C24H23N3O7. The van der Waals surface area contributed by atoms with Gasteiger partial charge in [-0.25, -0.2) is 4.79 Å². The van der Waals surface area contributed by atoms with E-state index in [0.717, 1.165) is 5.56 Å². The maximum Gasteiger partial charge on any atom is 0.332 e. The quantitative estimate of drug-likeness (QED) is 0.442. The summed E-state index contributed by atoms with van der Waals surface area (Å²) >= 11 is 0. The fraction of sp³-hybridized carbons (Fsp3) is 0.292. The lowest BCUT2D eigenvalue weighted by atomic mass is 10.0. The second-order valence-corrected chi connectivity index (χ2v) is 7.92. The molecular weight excluding hydrogens is 442 g/mol. The molecule has 1 fully saturated rings. The van der Waals surface area contributed by atoms with Gasteiger partial charge >= 0.3 is 5.97 Å². The number of esters is 1. The van der Waals surface area contributed by atoms with E-state index in [1.165, 1.54) is 4.90 Å². The number of ether oxygens (including phenoxy) is 2. The van der Waals surface area contributed by atoms with Gasteiger partial charge in [-0.05, 0) is 24.1 Å². The van der Waals surface area contributed by atoms with Crippen molar-refractivity contribution in [3.05, 3.63) is 65.2 Å². The van der Waals surface area contributed by atoms with Crippen molar-refractivity contribution >= 4 is 35.3 Å². The molecule has 10 heteroatoms. The highest BCUT2D eigenvalue weighted by molar-refractivity contribution is 6.06. The molecule has 176 valence electrons. The molecule has 10 nitrogen and oxygen atoms in total. The van der Waals surface area contributed by atoms with Crippen LogP contribution in [0.15, 0.2) is 48.5 Å². The molecule has 2 aromatic carbocycles. The number of nitrogens with one attached hydrogen (secondary N) is 2. The van der Waals surface area contributed by atoms with Crippen molar-refractivity contribution in [2.45, 2.75) is 32.0 Å². The van der Waals surface area contributed by atoms with E-state index in [4.69, 9.17) is 9.47 Å². The topological polar surface area (TPSA) is 131 Å². The maximum atomic E-state index is 12.8. The Bertz CT molecular complexity index is 1130. The first kappa shape index (κ1) is 23.1. The molecule has 0 radical (unpaired) electrons. The highest BCUT2D eigenvalue weighted by Crippen LogP contribution is 2.32. The second-order valence-electron chi connectivity index (χ2n) is 7.92. The van der Waals surface area contributed by atoms with Crippen molar-refractivity contribution in [1.82, 2.24) is 10.2 Å². The number of rotatable bonds is 8. The first-order chi connectivity index (χ1) is 16.4. The van der Waals surface area contributed by atoms with E-state index >= 15 is 0 Å². The molecule has 0 bridgehead atoms. The number of anilines is 1. The van der Waals surface area contributed by atoms with Gasteiger partial charge < -0.3 is 19.7 Å². The van der Waals surface area contributed by atoms with E-state index in [9.17, 15) is 24.0 Å². The molecule has 4 amide bonds. The maximum absolute atomic E-state index is 12.8. The van der Waals surface area contributed by atoms with E-state index in [1.807, 2.05) is 30.3 Å². The number of carbonyl (C=O) groups is 5. The molecule has 2 heterocycles. The highest BCUT2D eigenvalue weighted by Gasteiger charge is 2.39. The van der Waals surface area contributed by atoms with Crippen LogP contribution >= 0.6 is 0 Å². The van der Waals surface area contributed by atoms with Gasteiger partial charge in [0, 0.05) is 29.8 Å². The van der Waals surface area contributed by atoms with Gasteiger partial charge in [0.2, 0.25) is 17.7 Å². The smallest absolute Gasteiger partial charge is 0.332 e. The highest BCUT2D eigenvalue weighted by atomic mass is 16.6. The first-order valence-corrected chi connectivity index (χ1v) is 10.8. The Hall–Kier alpha value is -4.05. The van der Waals surface area contributed by atoms with Crippen molar-refractivity contribution in [3.8, 4) is 0 Å². The average Bonchev–Trinajstić information content (AvgIpc) is 3.16. The zero-order valence-corrected chi connectivity index (χ0v) is 18.2. The largest absolute Gasteiger partial charge is 0.459 e. The number of hydrogen-bond acceptors (Lipinski definition) is 7. The molecule has 0 saturated carbocycles. The third kappa shape index (κ3) is 5.29. The molecule has 2 aliphatic rings. The van der Waals surface area contributed by atoms with Crippen molar-refractivity contribution < 1.29 is 33.4 Å². The van der Waals surface area contributed by atoms with E-state index in [0.29, 0.717) is 16.8 Å². The number of amides is 4. The summed E-state index contributed by atoms with van der Waals surface area (Å²) < 4.78 is 10.2. The van der Waals surface area contributed by atoms with Crippen molar-refractivity contribution in [1.29, 1.82) is 0 Å². The Balaban J connectivity index is 1.29. The molecule has 4 rings (SSSR count). The fourth-order valence-corrected chi connectivity index (χ4v) is 3.90. The summed E-state index contributed by atoms with van der Waals surface area (Å²) in [4.78, 5) is 62.0. The van der Waals surface area contributed by atoms with Crippen LogP contribution in [0.1, 0.15) is 34.3 Å². The number of fused-ring (bicyclic) bond motifs is 1. The van der Waals surface area contributed by atoms with Crippen molar-refractivity contribution in [2.24, 2.45) is 0 Å². The lowest BCUT2D eigenvalue weighted by molar-refractivity contribution is -0.150. The monoisotopic (exact) mass is 465 g/mol. The van der Waals surface area contributed by atoms with Crippen molar-refractivity contribution in [3.63, 3.8) is 0 Å². The fourth-order valence-electron chi connectivity index (χ4n) is 3.90. The number of hydrogen-bond donors (Lipinski definition) is 2. The summed E-state index contributed by atoms with van der Waals surface area (Å²) in [6.07, 6.45) is 0.408. The van der Waals surface area contributed by atoms with Crippen LogP contribution < -0.4 is 10.6 Å². The second kappa shape index (κ2) is 10.3. The van der Waals surface area contributed by atoms with Gasteiger partial charge in [0.15, 0.2) is 0 Å². The van der Waals surface area contributed by atoms with Crippen LogP contribution in [0.4, 0.5) is 5.69 Å². The van der Waals surface area contributed by atoms with Crippen molar-refractivity contribution in [2.75, 3.05) is 18.5 Å².